The maximum atomic E-state index is 11.2. The van der Waals surface area contributed by atoms with Gasteiger partial charge in [0.2, 0.25) is 5.91 Å². The van der Waals surface area contributed by atoms with Gasteiger partial charge in [0, 0.05) is 13.0 Å². The zero-order chi connectivity index (χ0) is 12.0. The van der Waals surface area contributed by atoms with Crippen LogP contribution in [0.3, 0.4) is 0 Å². The summed E-state index contributed by atoms with van der Waals surface area (Å²) >= 11 is 0. The van der Waals surface area contributed by atoms with Crippen LogP contribution in [0, 0.1) is 5.92 Å². The van der Waals surface area contributed by atoms with Crippen molar-refractivity contribution in [2.24, 2.45) is 5.92 Å². The standard InChI is InChI=1S/C11H19NO4/c13-9-3-1-8(2-4-9)7-12-10(14)5-6-11(15)16/h8-9,13H,1-7H2,(H,12,14)(H,15,16). The first-order valence-electron chi connectivity index (χ1n) is 5.74. The van der Waals surface area contributed by atoms with Gasteiger partial charge < -0.3 is 15.5 Å². The van der Waals surface area contributed by atoms with Gasteiger partial charge in [0.15, 0.2) is 0 Å². The van der Waals surface area contributed by atoms with Crippen LogP contribution in [0.15, 0.2) is 0 Å². The monoisotopic (exact) mass is 229 g/mol. The Morgan fingerprint density at radius 3 is 2.31 bits per heavy atom. The molecule has 0 aromatic rings. The number of aliphatic hydroxyl groups is 1. The summed E-state index contributed by atoms with van der Waals surface area (Å²) in [5.74, 6) is -0.721. The normalized spacial score (nSPS) is 25.1. The van der Waals surface area contributed by atoms with E-state index in [9.17, 15) is 14.7 Å². The fourth-order valence-electron chi connectivity index (χ4n) is 1.92. The second kappa shape index (κ2) is 6.48. The van der Waals surface area contributed by atoms with E-state index in [0.717, 1.165) is 25.7 Å². The summed E-state index contributed by atoms with van der Waals surface area (Å²) in [6.07, 6.45) is 3.21. The Bertz CT molecular complexity index is 246. The van der Waals surface area contributed by atoms with Gasteiger partial charge >= 0.3 is 5.97 Å². The van der Waals surface area contributed by atoms with Crippen molar-refractivity contribution >= 4 is 11.9 Å². The molecule has 0 aromatic carbocycles. The molecule has 0 bridgehead atoms. The highest BCUT2D eigenvalue weighted by Crippen LogP contribution is 2.23. The summed E-state index contributed by atoms with van der Waals surface area (Å²) in [5, 5.41) is 20.4. The van der Waals surface area contributed by atoms with E-state index < -0.39 is 5.97 Å². The highest BCUT2D eigenvalue weighted by molar-refractivity contribution is 5.80. The first kappa shape index (κ1) is 13.0. The average molecular weight is 229 g/mol. The molecule has 1 aliphatic rings. The van der Waals surface area contributed by atoms with Gasteiger partial charge in [0.05, 0.1) is 12.5 Å². The van der Waals surface area contributed by atoms with Crippen LogP contribution in [0.4, 0.5) is 0 Å². The van der Waals surface area contributed by atoms with Crippen LogP contribution in [-0.4, -0.2) is 34.7 Å². The lowest BCUT2D eigenvalue weighted by Gasteiger charge is -2.25. The van der Waals surface area contributed by atoms with Crippen molar-refractivity contribution < 1.29 is 19.8 Å². The summed E-state index contributed by atoms with van der Waals surface area (Å²) in [4.78, 5) is 21.5. The summed E-state index contributed by atoms with van der Waals surface area (Å²) in [6, 6.07) is 0. The molecule has 1 saturated carbocycles. The largest absolute Gasteiger partial charge is 0.481 e. The number of hydrogen-bond acceptors (Lipinski definition) is 3. The SMILES string of the molecule is O=C(O)CCC(=O)NCC1CCC(O)CC1. The molecule has 0 aliphatic heterocycles. The molecule has 3 N–H and O–H groups in total. The van der Waals surface area contributed by atoms with Crippen molar-refractivity contribution in [3.8, 4) is 0 Å². The molecule has 5 heteroatoms. The van der Waals surface area contributed by atoms with Gasteiger partial charge in [-0.3, -0.25) is 9.59 Å². The van der Waals surface area contributed by atoms with Gasteiger partial charge in [-0.05, 0) is 31.6 Å². The zero-order valence-corrected chi connectivity index (χ0v) is 9.32. The van der Waals surface area contributed by atoms with Crippen LogP contribution in [-0.2, 0) is 9.59 Å². The molecule has 0 heterocycles. The van der Waals surface area contributed by atoms with Crippen molar-refractivity contribution in [1.82, 2.24) is 5.32 Å². The third kappa shape index (κ3) is 5.11. The molecule has 16 heavy (non-hydrogen) atoms. The molecule has 1 fully saturated rings. The van der Waals surface area contributed by atoms with E-state index in [0.29, 0.717) is 12.5 Å². The van der Waals surface area contributed by atoms with Gasteiger partial charge in [0.1, 0.15) is 0 Å². The number of aliphatic hydroxyl groups excluding tert-OH is 1. The van der Waals surface area contributed by atoms with Gasteiger partial charge in [0.25, 0.3) is 0 Å². The fraction of sp³-hybridized carbons (Fsp3) is 0.818. The lowest BCUT2D eigenvalue weighted by molar-refractivity contribution is -0.138. The predicted molar refractivity (Wildman–Crippen MR) is 57.8 cm³/mol. The zero-order valence-electron chi connectivity index (χ0n) is 9.32. The highest BCUT2D eigenvalue weighted by atomic mass is 16.4. The molecule has 0 saturated heterocycles. The molecular formula is C11H19NO4. The lowest BCUT2D eigenvalue weighted by Crippen LogP contribution is -2.32. The Morgan fingerprint density at radius 2 is 1.75 bits per heavy atom. The van der Waals surface area contributed by atoms with Crippen LogP contribution < -0.4 is 5.32 Å². The molecule has 92 valence electrons. The number of carbonyl (C=O) groups is 2. The summed E-state index contributed by atoms with van der Waals surface area (Å²) in [7, 11) is 0. The minimum atomic E-state index is -0.948. The Labute approximate surface area is 94.8 Å². The van der Waals surface area contributed by atoms with Crippen LogP contribution in [0.1, 0.15) is 38.5 Å². The predicted octanol–water partition coefficient (Wildman–Crippen LogP) is 0.518. The average Bonchev–Trinajstić information content (AvgIpc) is 2.25. The minimum absolute atomic E-state index is 0.0463. The van der Waals surface area contributed by atoms with Crippen molar-refractivity contribution in [1.29, 1.82) is 0 Å². The van der Waals surface area contributed by atoms with E-state index in [1.54, 1.807) is 0 Å². The maximum Gasteiger partial charge on any atom is 0.303 e. The second-order valence-corrected chi connectivity index (χ2v) is 4.37. The highest BCUT2D eigenvalue weighted by Gasteiger charge is 2.19. The van der Waals surface area contributed by atoms with Crippen LogP contribution >= 0.6 is 0 Å². The van der Waals surface area contributed by atoms with E-state index in [1.165, 1.54) is 0 Å². The molecule has 0 radical (unpaired) electrons. The molecule has 1 amide bonds. The topological polar surface area (TPSA) is 86.6 Å². The first-order valence-corrected chi connectivity index (χ1v) is 5.74. The molecule has 1 aliphatic carbocycles. The van der Waals surface area contributed by atoms with Crippen molar-refractivity contribution in [2.75, 3.05) is 6.54 Å². The Balaban J connectivity index is 2.09. The van der Waals surface area contributed by atoms with E-state index in [2.05, 4.69) is 5.32 Å². The van der Waals surface area contributed by atoms with Crippen molar-refractivity contribution in [3.05, 3.63) is 0 Å². The Hall–Kier alpha value is -1.10. The smallest absolute Gasteiger partial charge is 0.303 e. The van der Waals surface area contributed by atoms with E-state index in [4.69, 9.17) is 5.11 Å². The van der Waals surface area contributed by atoms with Gasteiger partial charge in [-0.2, -0.15) is 0 Å². The van der Waals surface area contributed by atoms with Gasteiger partial charge in [-0.1, -0.05) is 0 Å². The van der Waals surface area contributed by atoms with Crippen LogP contribution in [0.25, 0.3) is 0 Å². The molecular weight excluding hydrogens is 210 g/mol. The summed E-state index contributed by atoms with van der Waals surface area (Å²) < 4.78 is 0. The van der Waals surface area contributed by atoms with Crippen molar-refractivity contribution in [2.45, 2.75) is 44.6 Å². The molecule has 5 nitrogen and oxygen atoms in total. The van der Waals surface area contributed by atoms with Gasteiger partial charge in [-0.25, -0.2) is 0 Å². The Morgan fingerprint density at radius 1 is 1.12 bits per heavy atom. The quantitative estimate of drug-likeness (QED) is 0.641. The third-order valence-electron chi connectivity index (χ3n) is 2.97. The number of aliphatic carboxylic acids is 1. The number of carboxylic acids is 1. The maximum absolute atomic E-state index is 11.2. The van der Waals surface area contributed by atoms with E-state index in [1.807, 2.05) is 0 Å². The minimum Gasteiger partial charge on any atom is -0.481 e. The Kier molecular flexibility index (Phi) is 5.25. The van der Waals surface area contributed by atoms with Crippen LogP contribution in [0.5, 0.6) is 0 Å². The number of rotatable bonds is 5. The van der Waals surface area contributed by atoms with Crippen molar-refractivity contribution in [3.63, 3.8) is 0 Å². The van der Waals surface area contributed by atoms with E-state index in [-0.39, 0.29) is 24.9 Å². The lowest BCUT2D eigenvalue weighted by atomic mass is 9.87. The molecule has 0 spiro atoms. The first-order chi connectivity index (χ1) is 7.58. The number of carbonyl (C=O) groups excluding carboxylic acids is 1. The number of nitrogens with one attached hydrogen (secondary N) is 1. The number of carboxylic acid groups (broad SMARTS) is 1. The summed E-state index contributed by atoms with van der Waals surface area (Å²) in [6.45, 7) is 0.602. The fourth-order valence-corrected chi connectivity index (χ4v) is 1.92. The number of hydrogen-bond donors (Lipinski definition) is 3. The molecule has 0 atom stereocenters. The van der Waals surface area contributed by atoms with Gasteiger partial charge in [-0.15, -0.1) is 0 Å². The summed E-state index contributed by atoms with van der Waals surface area (Å²) in [5.41, 5.74) is 0. The third-order valence-corrected chi connectivity index (χ3v) is 2.97. The number of amides is 1. The van der Waals surface area contributed by atoms with Crippen LogP contribution in [0.2, 0.25) is 0 Å². The second-order valence-electron chi connectivity index (χ2n) is 4.37. The molecule has 0 aromatic heterocycles. The molecule has 0 unspecified atom stereocenters. The van der Waals surface area contributed by atoms with E-state index >= 15 is 0 Å². The molecule has 1 rings (SSSR count).